The molecule has 120 valence electrons. The molecule has 0 atom stereocenters. The van der Waals surface area contributed by atoms with Crippen molar-refractivity contribution in [2.24, 2.45) is 7.05 Å². The van der Waals surface area contributed by atoms with E-state index < -0.39 is 4.92 Å². The van der Waals surface area contributed by atoms with Gasteiger partial charge in [0, 0.05) is 44.2 Å². The molecule has 0 radical (unpaired) electrons. The summed E-state index contributed by atoms with van der Waals surface area (Å²) in [7, 11) is 1.71. The van der Waals surface area contributed by atoms with Crippen LogP contribution in [0.15, 0.2) is 30.6 Å². The minimum Gasteiger partial charge on any atom is -0.378 e. The molecule has 1 aromatic carbocycles. The lowest BCUT2D eigenvalue weighted by atomic mass is 10.1. The molecule has 3 rings (SSSR count). The monoisotopic (exact) mass is 316 g/mol. The smallest absolute Gasteiger partial charge is 0.293 e. The van der Waals surface area contributed by atoms with Crippen molar-refractivity contribution in [2.75, 3.05) is 31.2 Å². The average Bonchev–Trinajstić information content (AvgIpc) is 3.00. The van der Waals surface area contributed by atoms with Crippen LogP contribution in [0.5, 0.6) is 0 Å². The summed E-state index contributed by atoms with van der Waals surface area (Å²) in [6, 6.07) is 4.55. The van der Waals surface area contributed by atoms with Crippen LogP contribution >= 0.6 is 0 Å². The molecule has 0 N–H and O–H groups in total. The number of nitro benzene ring substituents is 1. The van der Waals surface area contributed by atoms with Gasteiger partial charge < -0.3 is 14.2 Å². The Bertz CT molecular complexity index is 750. The molecule has 8 heteroatoms. The highest BCUT2D eigenvalue weighted by Crippen LogP contribution is 2.30. The van der Waals surface area contributed by atoms with E-state index >= 15 is 0 Å². The number of carbonyl (C=O) groups excluding carboxylic acids is 1. The highest BCUT2D eigenvalue weighted by molar-refractivity contribution is 6.07. The van der Waals surface area contributed by atoms with Gasteiger partial charge in [-0.3, -0.25) is 14.9 Å². The number of ketones is 1. The van der Waals surface area contributed by atoms with Gasteiger partial charge in [0.15, 0.2) is 5.82 Å². The van der Waals surface area contributed by atoms with Gasteiger partial charge in [-0.1, -0.05) is 0 Å². The summed E-state index contributed by atoms with van der Waals surface area (Å²) in [5.74, 6) is -0.0902. The first-order chi connectivity index (χ1) is 11.1. The van der Waals surface area contributed by atoms with Crippen LogP contribution in [0.1, 0.15) is 16.2 Å². The van der Waals surface area contributed by atoms with Crippen LogP contribution in [-0.4, -0.2) is 46.6 Å². The van der Waals surface area contributed by atoms with Gasteiger partial charge in [-0.25, -0.2) is 4.98 Å². The maximum absolute atomic E-state index is 12.5. The van der Waals surface area contributed by atoms with Gasteiger partial charge in [0.25, 0.3) is 5.69 Å². The third-order valence-corrected chi connectivity index (χ3v) is 3.81. The van der Waals surface area contributed by atoms with Gasteiger partial charge in [-0.15, -0.1) is 0 Å². The van der Waals surface area contributed by atoms with Crippen molar-refractivity contribution in [3.05, 3.63) is 52.1 Å². The number of aromatic nitrogens is 2. The van der Waals surface area contributed by atoms with Gasteiger partial charge >= 0.3 is 0 Å². The molecule has 8 nitrogen and oxygen atoms in total. The predicted octanol–water partition coefficient (Wildman–Crippen LogP) is 1.40. The molecule has 1 aliphatic heterocycles. The van der Waals surface area contributed by atoms with Crippen molar-refractivity contribution in [3.8, 4) is 0 Å². The van der Waals surface area contributed by atoms with Crippen molar-refractivity contribution in [1.29, 1.82) is 0 Å². The maximum atomic E-state index is 12.5. The van der Waals surface area contributed by atoms with Crippen molar-refractivity contribution >= 4 is 17.2 Å². The van der Waals surface area contributed by atoms with Crippen molar-refractivity contribution in [1.82, 2.24) is 9.55 Å². The number of aryl methyl sites for hydroxylation is 1. The number of hydrogen-bond donors (Lipinski definition) is 0. The third kappa shape index (κ3) is 2.93. The number of nitrogens with zero attached hydrogens (tertiary/aromatic N) is 4. The van der Waals surface area contributed by atoms with Gasteiger partial charge in [-0.2, -0.15) is 0 Å². The Hall–Kier alpha value is -2.74. The predicted molar refractivity (Wildman–Crippen MR) is 82.8 cm³/mol. The van der Waals surface area contributed by atoms with Crippen LogP contribution < -0.4 is 4.90 Å². The quantitative estimate of drug-likeness (QED) is 0.481. The van der Waals surface area contributed by atoms with Crippen molar-refractivity contribution in [3.63, 3.8) is 0 Å². The fourth-order valence-electron chi connectivity index (χ4n) is 2.60. The number of rotatable bonds is 4. The molecule has 0 bridgehead atoms. The SMILES string of the molecule is Cn1ccnc1C(=O)c1ccc(N2CCOCC2)c([N+](=O)[O-])c1. The molecule has 0 aliphatic carbocycles. The van der Waals surface area contributed by atoms with Gasteiger partial charge in [0.2, 0.25) is 5.78 Å². The zero-order chi connectivity index (χ0) is 16.4. The molecule has 1 fully saturated rings. The first kappa shape index (κ1) is 15.2. The molecule has 1 saturated heterocycles. The standard InChI is InChI=1S/C15H16N4O4/c1-17-5-4-16-15(17)14(20)11-2-3-12(13(10-11)19(21)22)18-6-8-23-9-7-18/h2-5,10H,6-9H2,1H3. The first-order valence-corrected chi connectivity index (χ1v) is 7.21. The highest BCUT2D eigenvalue weighted by Gasteiger charge is 2.24. The number of ether oxygens (including phenoxy) is 1. The molecule has 1 aromatic heterocycles. The molecule has 0 spiro atoms. The molecule has 0 unspecified atom stereocenters. The van der Waals surface area contributed by atoms with E-state index in [0.29, 0.717) is 32.0 Å². The topological polar surface area (TPSA) is 90.5 Å². The van der Waals surface area contributed by atoms with Crippen LogP contribution in [0.25, 0.3) is 0 Å². The molecule has 2 heterocycles. The molecular weight excluding hydrogens is 300 g/mol. The lowest BCUT2D eigenvalue weighted by Crippen LogP contribution is -2.36. The van der Waals surface area contributed by atoms with Crippen LogP contribution in [0.2, 0.25) is 0 Å². The Morgan fingerprint density at radius 1 is 1.35 bits per heavy atom. The largest absolute Gasteiger partial charge is 0.378 e. The van der Waals surface area contributed by atoms with Crippen LogP contribution in [0.4, 0.5) is 11.4 Å². The number of morpholine rings is 1. The molecule has 0 saturated carbocycles. The Balaban J connectivity index is 1.98. The summed E-state index contributed by atoms with van der Waals surface area (Å²) in [5.41, 5.74) is 0.685. The third-order valence-electron chi connectivity index (χ3n) is 3.81. The summed E-state index contributed by atoms with van der Waals surface area (Å²) in [5, 5.41) is 11.4. The van der Waals surface area contributed by atoms with Crippen molar-refractivity contribution in [2.45, 2.75) is 0 Å². The van der Waals surface area contributed by atoms with E-state index in [4.69, 9.17) is 4.74 Å². The summed E-state index contributed by atoms with van der Waals surface area (Å²) >= 11 is 0. The Labute approximate surface area is 132 Å². The van der Waals surface area contributed by atoms with Gasteiger partial charge in [-0.05, 0) is 12.1 Å². The second kappa shape index (κ2) is 6.17. The zero-order valence-electron chi connectivity index (χ0n) is 12.6. The summed E-state index contributed by atoms with van der Waals surface area (Å²) < 4.78 is 6.86. The van der Waals surface area contributed by atoms with E-state index in [2.05, 4.69) is 4.98 Å². The summed E-state index contributed by atoms with van der Waals surface area (Å²) in [6.45, 7) is 2.25. The number of carbonyl (C=O) groups is 1. The molecule has 1 aliphatic rings. The molecule has 0 amide bonds. The van der Waals surface area contributed by atoms with Crippen LogP contribution in [0, 0.1) is 10.1 Å². The lowest BCUT2D eigenvalue weighted by Gasteiger charge is -2.28. The lowest BCUT2D eigenvalue weighted by molar-refractivity contribution is -0.384. The van der Waals surface area contributed by atoms with Gasteiger partial charge in [0.1, 0.15) is 5.69 Å². The summed E-state index contributed by atoms with van der Waals surface area (Å²) in [4.78, 5) is 29.3. The Morgan fingerprint density at radius 2 is 2.09 bits per heavy atom. The second-order valence-corrected chi connectivity index (χ2v) is 5.25. The fraction of sp³-hybridized carbons (Fsp3) is 0.333. The van der Waals surface area contributed by atoms with E-state index in [1.807, 2.05) is 4.90 Å². The number of nitro groups is 1. The van der Waals surface area contributed by atoms with Crippen LogP contribution in [-0.2, 0) is 11.8 Å². The Morgan fingerprint density at radius 3 is 2.70 bits per heavy atom. The molecular formula is C15H16N4O4. The zero-order valence-corrected chi connectivity index (χ0v) is 12.6. The highest BCUT2D eigenvalue weighted by atomic mass is 16.6. The van der Waals surface area contributed by atoms with E-state index in [1.165, 1.54) is 12.3 Å². The molecule has 2 aromatic rings. The fourth-order valence-corrected chi connectivity index (χ4v) is 2.60. The molecule has 23 heavy (non-hydrogen) atoms. The number of anilines is 1. The average molecular weight is 316 g/mol. The maximum Gasteiger partial charge on any atom is 0.293 e. The van der Waals surface area contributed by atoms with Crippen molar-refractivity contribution < 1.29 is 14.5 Å². The van der Waals surface area contributed by atoms with Gasteiger partial charge in [0.05, 0.1) is 18.1 Å². The Kier molecular flexibility index (Phi) is 4.07. The number of benzene rings is 1. The van der Waals surface area contributed by atoms with E-state index in [1.54, 1.807) is 29.9 Å². The van der Waals surface area contributed by atoms with Crippen LogP contribution in [0.3, 0.4) is 0 Å². The minimum absolute atomic E-state index is 0.0769. The second-order valence-electron chi connectivity index (χ2n) is 5.25. The van der Waals surface area contributed by atoms with E-state index in [9.17, 15) is 14.9 Å². The van der Waals surface area contributed by atoms with E-state index in [0.717, 1.165) is 0 Å². The first-order valence-electron chi connectivity index (χ1n) is 7.21. The van der Waals surface area contributed by atoms with E-state index in [-0.39, 0.29) is 22.9 Å². The number of imidazole rings is 1. The summed E-state index contributed by atoms with van der Waals surface area (Å²) in [6.07, 6.45) is 3.17. The normalized spacial score (nSPS) is 14.7. The number of hydrogen-bond acceptors (Lipinski definition) is 6. The minimum atomic E-state index is -0.458.